The molecule has 5 rings (SSSR count). The predicted molar refractivity (Wildman–Crippen MR) is 125 cm³/mol. The van der Waals surface area contributed by atoms with Crippen LogP contribution < -0.4 is 10.2 Å². The number of hydrogen-bond donors (Lipinski definition) is 1. The summed E-state index contributed by atoms with van der Waals surface area (Å²) in [5.41, 5.74) is 5.13. The number of rotatable bonds is 4. The van der Waals surface area contributed by atoms with E-state index < -0.39 is 9.84 Å². The van der Waals surface area contributed by atoms with Crippen molar-refractivity contribution in [3.63, 3.8) is 0 Å². The van der Waals surface area contributed by atoms with E-state index in [9.17, 15) is 13.2 Å². The molecule has 2 aromatic carbocycles. The first kappa shape index (κ1) is 20.8. The second-order valence-corrected chi connectivity index (χ2v) is 10.8. The Morgan fingerprint density at radius 1 is 1.09 bits per heavy atom. The van der Waals surface area contributed by atoms with E-state index in [0.717, 1.165) is 30.9 Å². The van der Waals surface area contributed by atoms with E-state index in [1.807, 2.05) is 31.2 Å². The molecule has 1 unspecified atom stereocenters. The van der Waals surface area contributed by atoms with Gasteiger partial charge >= 0.3 is 0 Å². The van der Waals surface area contributed by atoms with Crippen molar-refractivity contribution in [1.29, 1.82) is 0 Å². The number of carbonyl (C=O) groups is 1. The summed E-state index contributed by atoms with van der Waals surface area (Å²) in [6.45, 7) is 3.65. The number of anilines is 2. The topological polar surface area (TPSA) is 84.3 Å². The van der Waals surface area contributed by atoms with Gasteiger partial charge in [-0.1, -0.05) is 24.3 Å². The zero-order valence-corrected chi connectivity index (χ0v) is 18.8. The first-order valence-electron chi connectivity index (χ1n) is 10.9. The van der Waals surface area contributed by atoms with Crippen LogP contribution in [0.1, 0.15) is 39.6 Å². The molecule has 1 amide bonds. The van der Waals surface area contributed by atoms with Gasteiger partial charge in [0.2, 0.25) is 0 Å². The first-order valence-corrected chi connectivity index (χ1v) is 12.7. The highest BCUT2D eigenvalue weighted by molar-refractivity contribution is 7.91. The molecule has 1 N–H and O–H groups in total. The van der Waals surface area contributed by atoms with Crippen LogP contribution in [0.5, 0.6) is 0 Å². The molecular weight excluding hydrogens is 424 g/mol. The Bertz CT molecular complexity index is 1260. The summed E-state index contributed by atoms with van der Waals surface area (Å²) in [4.78, 5) is 15.2. The molecule has 7 nitrogen and oxygen atoms in total. The van der Waals surface area contributed by atoms with Crippen molar-refractivity contribution < 1.29 is 13.2 Å². The van der Waals surface area contributed by atoms with Crippen molar-refractivity contribution >= 4 is 27.2 Å². The number of aromatic nitrogens is 2. The summed E-state index contributed by atoms with van der Waals surface area (Å²) in [5.74, 6) is 0.519. The Morgan fingerprint density at radius 3 is 2.56 bits per heavy atom. The van der Waals surface area contributed by atoms with Crippen LogP contribution >= 0.6 is 0 Å². The lowest BCUT2D eigenvalue weighted by molar-refractivity contribution is 0.102. The van der Waals surface area contributed by atoms with Crippen molar-refractivity contribution in [2.24, 2.45) is 0 Å². The minimum atomic E-state index is -3.04. The van der Waals surface area contributed by atoms with Crippen LogP contribution in [-0.2, 0) is 22.8 Å². The van der Waals surface area contributed by atoms with Gasteiger partial charge in [0.05, 0.1) is 23.2 Å². The van der Waals surface area contributed by atoms with Gasteiger partial charge in [-0.15, -0.1) is 0 Å². The molecule has 2 aliphatic heterocycles. The lowest BCUT2D eigenvalue weighted by Crippen LogP contribution is -2.30. The van der Waals surface area contributed by atoms with Gasteiger partial charge < -0.3 is 10.2 Å². The first-order chi connectivity index (χ1) is 15.4. The van der Waals surface area contributed by atoms with E-state index in [1.54, 1.807) is 10.7 Å². The van der Waals surface area contributed by atoms with Crippen LogP contribution in [0.15, 0.2) is 54.6 Å². The molecule has 8 heteroatoms. The molecule has 1 aromatic heterocycles. The fraction of sp³-hybridized carbons (Fsp3) is 0.333. The summed E-state index contributed by atoms with van der Waals surface area (Å²) in [7, 11) is -3.04. The van der Waals surface area contributed by atoms with E-state index in [4.69, 9.17) is 0 Å². The molecule has 3 heterocycles. The molecule has 1 fully saturated rings. The molecule has 32 heavy (non-hydrogen) atoms. The van der Waals surface area contributed by atoms with Crippen LogP contribution in [0.3, 0.4) is 0 Å². The van der Waals surface area contributed by atoms with Crippen LogP contribution in [0, 0.1) is 6.92 Å². The van der Waals surface area contributed by atoms with Crippen LogP contribution in [0.25, 0.3) is 0 Å². The van der Waals surface area contributed by atoms with E-state index in [1.165, 1.54) is 11.1 Å². The highest BCUT2D eigenvalue weighted by Gasteiger charge is 2.31. The maximum atomic E-state index is 12.9. The van der Waals surface area contributed by atoms with Gasteiger partial charge in [-0.25, -0.2) is 13.1 Å². The van der Waals surface area contributed by atoms with Crippen molar-refractivity contribution in [3.8, 4) is 0 Å². The van der Waals surface area contributed by atoms with Crippen molar-refractivity contribution in [2.45, 2.75) is 32.4 Å². The van der Waals surface area contributed by atoms with Gasteiger partial charge in [0.1, 0.15) is 5.82 Å². The van der Waals surface area contributed by atoms with Gasteiger partial charge in [0, 0.05) is 30.4 Å². The summed E-state index contributed by atoms with van der Waals surface area (Å²) < 4.78 is 25.4. The molecule has 0 aliphatic carbocycles. The zero-order valence-electron chi connectivity index (χ0n) is 18.0. The lowest BCUT2D eigenvalue weighted by atomic mass is 9.99. The number of sulfone groups is 1. The van der Waals surface area contributed by atoms with Gasteiger partial charge in [-0.3, -0.25) is 4.79 Å². The summed E-state index contributed by atoms with van der Waals surface area (Å²) in [6.07, 6.45) is 1.53. The van der Waals surface area contributed by atoms with E-state index >= 15 is 0 Å². The lowest BCUT2D eigenvalue weighted by Gasteiger charge is -2.30. The fourth-order valence-electron chi connectivity index (χ4n) is 4.58. The maximum absolute atomic E-state index is 12.9. The number of benzene rings is 2. The standard InChI is InChI=1S/C24H26N4O3S/c1-17-14-23(28(26-17)22-11-13-32(30,31)16-22)25-24(29)19-6-8-21(9-7-19)27-12-10-18-4-2-3-5-20(18)15-27/h2-9,14,22H,10-13,15-16H2,1H3,(H,25,29). The van der Waals surface area contributed by atoms with Gasteiger partial charge in [0.25, 0.3) is 5.91 Å². The molecule has 0 saturated carbocycles. The Labute approximate surface area is 188 Å². The largest absolute Gasteiger partial charge is 0.367 e. The predicted octanol–water partition coefficient (Wildman–Crippen LogP) is 3.37. The monoisotopic (exact) mass is 450 g/mol. The third-order valence-corrected chi connectivity index (χ3v) is 8.03. The number of amides is 1. The smallest absolute Gasteiger partial charge is 0.256 e. The average Bonchev–Trinajstić information content (AvgIpc) is 3.34. The second-order valence-electron chi connectivity index (χ2n) is 8.61. The number of carbonyl (C=O) groups excluding carboxylic acids is 1. The number of aryl methyl sites for hydroxylation is 1. The molecule has 1 atom stereocenters. The maximum Gasteiger partial charge on any atom is 0.256 e. The average molecular weight is 451 g/mol. The Morgan fingerprint density at radius 2 is 1.84 bits per heavy atom. The van der Waals surface area contributed by atoms with Crippen molar-refractivity contribution in [3.05, 3.63) is 77.0 Å². The number of nitrogens with zero attached hydrogens (tertiary/aromatic N) is 3. The molecule has 0 radical (unpaired) electrons. The van der Waals surface area contributed by atoms with Gasteiger partial charge in [-0.2, -0.15) is 5.10 Å². The molecule has 0 bridgehead atoms. The summed E-state index contributed by atoms with van der Waals surface area (Å²) in [6, 6.07) is 17.7. The van der Waals surface area contributed by atoms with E-state index in [-0.39, 0.29) is 23.5 Å². The van der Waals surface area contributed by atoms with Crippen molar-refractivity contribution in [1.82, 2.24) is 9.78 Å². The van der Waals surface area contributed by atoms with Crippen LogP contribution in [-0.4, -0.2) is 42.2 Å². The third-order valence-electron chi connectivity index (χ3n) is 6.28. The fourth-order valence-corrected chi connectivity index (χ4v) is 6.28. The Hall–Kier alpha value is -3.13. The van der Waals surface area contributed by atoms with Gasteiger partial charge in [0.15, 0.2) is 9.84 Å². The number of nitrogens with one attached hydrogen (secondary N) is 1. The van der Waals surface area contributed by atoms with E-state index in [0.29, 0.717) is 17.8 Å². The number of fused-ring (bicyclic) bond motifs is 1. The van der Waals surface area contributed by atoms with Gasteiger partial charge in [-0.05, 0) is 55.2 Å². The molecule has 2 aliphatic rings. The van der Waals surface area contributed by atoms with Crippen molar-refractivity contribution in [2.75, 3.05) is 28.3 Å². The summed E-state index contributed by atoms with van der Waals surface area (Å²) >= 11 is 0. The molecule has 0 spiro atoms. The minimum Gasteiger partial charge on any atom is -0.367 e. The molecular formula is C24H26N4O3S. The Balaban J connectivity index is 1.29. The zero-order chi connectivity index (χ0) is 22.3. The van der Waals surface area contributed by atoms with E-state index in [2.05, 4.69) is 39.6 Å². The molecule has 1 saturated heterocycles. The third kappa shape index (κ3) is 4.14. The SMILES string of the molecule is Cc1cc(NC(=O)c2ccc(N3CCc4ccccc4C3)cc2)n(C2CCS(=O)(=O)C2)n1. The summed E-state index contributed by atoms with van der Waals surface area (Å²) in [5, 5.41) is 7.35. The second kappa shape index (κ2) is 8.09. The van der Waals surface area contributed by atoms with Crippen LogP contribution in [0.4, 0.5) is 11.5 Å². The van der Waals surface area contributed by atoms with Crippen LogP contribution in [0.2, 0.25) is 0 Å². The molecule has 166 valence electrons. The quantitative estimate of drug-likeness (QED) is 0.659. The highest BCUT2D eigenvalue weighted by atomic mass is 32.2. The number of hydrogen-bond acceptors (Lipinski definition) is 5. The normalized spacial score (nSPS) is 19.5. The minimum absolute atomic E-state index is 0.0602. The molecule has 3 aromatic rings. The Kier molecular flexibility index (Phi) is 5.25. The highest BCUT2D eigenvalue weighted by Crippen LogP contribution is 2.28.